The lowest BCUT2D eigenvalue weighted by Crippen LogP contribution is -2.12. The number of fused-ring (bicyclic) bond motifs is 1. The Balaban J connectivity index is 1.88. The van der Waals surface area contributed by atoms with Gasteiger partial charge in [0.15, 0.2) is 0 Å². The number of esters is 1. The molecule has 3 rings (SSSR count). The number of nitrogens with one attached hydrogen (secondary N) is 1. The Morgan fingerprint density at radius 2 is 1.91 bits per heavy atom. The smallest absolute Gasteiger partial charge is 0.339 e. The predicted octanol–water partition coefficient (Wildman–Crippen LogP) is 3.02. The summed E-state index contributed by atoms with van der Waals surface area (Å²) in [6.45, 7) is -0.0578. The lowest BCUT2D eigenvalue weighted by molar-refractivity contribution is 0.0474. The highest BCUT2D eigenvalue weighted by Gasteiger charge is 2.13. The van der Waals surface area contributed by atoms with Crippen LogP contribution in [0.15, 0.2) is 59.4 Å². The summed E-state index contributed by atoms with van der Waals surface area (Å²) in [5, 5.41) is 0.603. The van der Waals surface area contributed by atoms with Crippen LogP contribution in [0.4, 0.5) is 4.39 Å². The summed E-state index contributed by atoms with van der Waals surface area (Å²) in [7, 11) is 0. The van der Waals surface area contributed by atoms with E-state index in [0.717, 1.165) is 0 Å². The molecule has 1 heterocycles. The van der Waals surface area contributed by atoms with E-state index in [1.807, 2.05) is 0 Å². The lowest BCUT2D eigenvalue weighted by atomic mass is 10.1. The van der Waals surface area contributed by atoms with Crippen molar-refractivity contribution < 1.29 is 13.9 Å². The Bertz CT molecular complexity index is 902. The average Bonchev–Trinajstić information content (AvgIpc) is 2.52. The molecule has 0 saturated heterocycles. The van der Waals surface area contributed by atoms with Crippen molar-refractivity contribution in [3.8, 4) is 0 Å². The van der Waals surface area contributed by atoms with Crippen LogP contribution < -0.4 is 5.56 Å². The SMILES string of the molecule is O=C(OCc1cccc(F)c1)c1cc(=O)[nH]c2ccccc12. The molecule has 0 bridgehead atoms. The highest BCUT2D eigenvalue weighted by Crippen LogP contribution is 2.16. The van der Waals surface area contributed by atoms with Gasteiger partial charge in [0.2, 0.25) is 5.56 Å². The Labute approximate surface area is 125 Å². The molecule has 0 fully saturated rings. The van der Waals surface area contributed by atoms with Gasteiger partial charge in [0.1, 0.15) is 12.4 Å². The summed E-state index contributed by atoms with van der Waals surface area (Å²) in [6, 6.07) is 14.0. The van der Waals surface area contributed by atoms with E-state index >= 15 is 0 Å². The van der Waals surface area contributed by atoms with Crippen molar-refractivity contribution in [2.45, 2.75) is 6.61 Å². The fraction of sp³-hybridized carbons (Fsp3) is 0.0588. The summed E-state index contributed by atoms with van der Waals surface area (Å²) in [5.74, 6) is -1.01. The van der Waals surface area contributed by atoms with Gasteiger partial charge in [0.25, 0.3) is 0 Å². The highest BCUT2D eigenvalue weighted by atomic mass is 19.1. The van der Waals surface area contributed by atoms with Gasteiger partial charge in [-0.15, -0.1) is 0 Å². The molecule has 0 amide bonds. The van der Waals surface area contributed by atoms with E-state index in [1.165, 1.54) is 18.2 Å². The third-order valence-electron chi connectivity index (χ3n) is 3.23. The summed E-state index contributed by atoms with van der Waals surface area (Å²) in [5.41, 5.74) is 0.919. The number of benzene rings is 2. The van der Waals surface area contributed by atoms with Crippen molar-refractivity contribution in [3.05, 3.63) is 81.9 Å². The summed E-state index contributed by atoms with van der Waals surface area (Å²) in [6.07, 6.45) is 0. The van der Waals surface area contributed by atoms with Crippen molar-refractivity contribution in [3.63, 3.8) is 0 Å². The minimum Gasteiger partial charge on any atom is -0.457 e. The third-order valence-corrected chi connectivity index (χ3v) is 3.23. The van der Waals surface area contributed by atoms with Crippen molar-refractivity contribution >= 4 is 16.9 Å². The van der Waals surface area contributed by atoms with Crippen LogP contribution in [0.5, 0.6) is 0 Å². The molecule has 0 unspecified atom stereocenters. The van der Waals surface area contributed by atoms with Gasteiger partial charge < -0.3 is 9.72 Å². The molecule has 22 heavy (non-hydrogen) atoms. The third kappa shape index (κ3) is 2.88. The molecule has 0 saturated carbocycles. The normalized spacial score (nSPS) is 10.6. The fourth-order valence-electron chi connectivity index (χ4n) is 2.23. The fourth-order valence-corrected chi connectivity index (χ4v) is 2.23. The number of pyridine rings is 1. The zero-order valence-electron chi connectivity index (χ0n) is 11.5. The minimum atomic E-state index is -0.619. The molecule has 1 aromatic heterocycles. The topological polar surface area (TPSA) is 59.2 Å². The van der Waals surface area contributed by atoms with Crippen molar-refractivity contribution in [1.82, 2.24) is 4.98 Å². The number of carbonyl (C=O) groups excluding carboxylic acids is 1. The van der Waals surface area contributed by atoms with Crippen LogP contribution in [0.3, 0.4) is 0 Å². The van der Waals surface area contributed by atoms with E-state index in [2.05, 4.69) is 4.98 Å². The number of para-hydroxylation sites is 1. The number of ether oxygens (including phenoxy) is 1. The first kappa shape index (κ1) is 14.0. The molecular weight excluding hydrogens is 285 g/mol. The van der Waals surface area contributed by atoms with Gasteiger partial charge in [-0.25, -0.2) is 9.18 Å². The first-order chi connectivity index (χ1) is 10.6. The van der Waals surface area contributed by atoms with Crippen LogP contribution >= 0.6 is 0 Å². The molecule has 2 aromatic carbocycles. The van der Waals surface area contributed by atoms with Crippen LogP contribution in [0.1, 0.15) is 15.9 Å². The zero-order chi connectivity index (χ0) is 15.5. The molecule has 5 heteroatoms. The highest BCUT2D eigenvalue weighted by molar-refractivity contribution is 6.03. The van der Waals surface area contributed by atoms with E-state index in [0.29, 0.717) is 16.5 Å². The Kier molecular flexibility index (Phi) is 3.70. The second-order valence-corrected chi connectivity index (χ2v) is 4.80. The average molecular weight is 297 g/mol. The van der Waals surface area contributed by atoms with E-state index in [-0.39, 0.29) is 17.7 Å². The number of aromatic nitrogens is 1. The van der Waals surface area contributed by atoms with E-state index in [4.69, 9.17) is 4.74 Å². The van der Waals surface area contributed by atoms with E-state index in [9.17, 15) is 14.0 Å². The van der Waals surface area contributed by atoms with Crippen LogP contribution in [0.2, 0.25) is 0 Å². The Morgan fingerprint density at radius 1 is 1.09 bits per heavy atom. The minimum absolute atomic E-state index is 0.0578. The van der Waals surface area contributed by atoms with Crippen LogP contribution in [-0.4, -0.2) is 11.0 Å². The number of hydrogen-bond donors (Lipinski definition) is 1. The van der Waals surface area contributed by atoms with Gasteiger partial charge in [-0.1, -0.05) is 30.3 Å². The molecule has 0 radical (unpaired) electrons. The molecule has 0 aliphatic heterocycles. The van der Waals surface area contributed by atoms with Crippen molar-refractivity contribution in [2.75, 3.05) is 0 Å². The number of halogens is 1. The molecule has 0 aliphatic carbocycles. The zero-order valence-corrected chi connectivity index (χ0v) is 11.5. The van der Waals surface area contributed by atoms with Gasteiger partial charge in [-0.3, -0.25) is 4.79 Å². The summed E-state index contributed by atoms with van der Waals surface area (Å²) in [4.78, 5) is 26.5. The number of H-pyrrole nitrogens is 1. The van der Waals surface area contributed by atoms with Crippen LogP contribution in [-0.2, 0) is 11.3 Å². The van der Waals surface area contributed by atoms with Gasteiger partial charge in [-0.2, -0.15) is 0 Å². The van der Waals surface area contributed by atoms with Crippen LogP contribution in [0.25, 0.3) is 10.9 Å². The Hall–Kier alpha value is -2.95. The van der Waals surface area contributed by atoms with E-state index < -0.39 is 11.8 Å². The van der Waals surface area contributed by atoms with Gasteiger partial charge >= 0.3 is 5.97 Å². The van der Waals surface area contributed by atoms with Gasteiger partial charge in [0, 0.05) is 17.0 Å². The van der Waals surface area contributed by atoms with Crippen molar-refractivity contribution in [2.24, 2.45) is 0 Å². The summed E-state index contributed by atoms with van der Waals surface area (Å²) >= 11 is 0. The Morgan fingerprint density at radius 3 is 2.73 bits per heavy atom. The molecule has 0 atom stereocenters. The molecule has 110 valence electrons. The number of rotatable bonds is 3. The predicted molar refractivity (Wildman–Crippen MR) is 80.1 cm³/mol. The standard InChI is InChI=1S/C17H12FNO3/c18-12-5-3-4-11(8-12)10-22-17(21)14-9-16(20)19-15-7-2-1-6-13(14)15/h1-9H,10H2,(H,19,20). The largest absolute Gasteiger partial charge is 0.457 e. The second kappa shape index (κ2) is 5.81. The molecular formula is C17H12FNO3. The summed E-state index contributed by atoms with van der Waals surface area (Å²) < 4.78 is 18.3. The van der Waals surface area contributed by atoms with Crippen LogP contribution in [0, 0.1) is 5.82 Å². The number of aromatic amines is 1. The molecule has 0 aliphatic rings. The van der Waals surface area contributed by atoms with Gasteiger partial charge in [0.05, 0.1) is 5.56 Å². The quantitative estimate of drug-likeness (QED) is 0.756. The second-order valence-electron chi connectivity index (χ2n) is 4.80. The van der Waals surface area contributed by atoms with Crippen molar-refractivity contribution in [1.29, 1.82) is 0 Å². The lowest BCUT2D eigenvalue weighted by Gasteiger charge is -2.07. The van der Waals surface area contributed by atoms with E-state index in [1.54, 1.807) is 36.4 Å². The first-order valence-electron chi connectivity index (χ1n) is 6.67. The van der Waals surface area contributed by atoms with Gasteiger partial charge in [-0.05, 0) is 23.8 Å². The maximum Gasteiger partial charge on any atom is 0.339 e. The first-order valence-corrected chi connectivity index (χ1v) is 6.67. The maximum absolute atomic E-state index is 13.1. The maximum atomic E-state index is 13.1. The molecule has 0 spiro atoms. The number of hydrogen-bond acceptors (Lipinski definition) is 3. The number of carbonyl (C=O) groups is 1. The molecule has 4 nitrogen and oxygen atoms in total. The monoisotopic (exact) mass is 297 g/mol. The molecule has 3 aromatic rings. The molecule has 1 N–H and O–H groups in total.